The summed E-state index contributed by atoms with van der Waals surface area (Å²) >= 11 is 6.07. The standard InChI is InChI=1S/C13H13ClF2N2O/c1-2-3-10(14)13-17-12(19-18-13)6-8-4-5-9(15)7-11(8)16/h4-5,7,10H,2-3,6H2,1H3. The van der Waals surface area contributed by atoms with E-state index in [-0.39, 0.29) is 17.7 Å². The molecular weight excluding hydrogens is 274 g/mol. The molecule has 0 fully saturated rings. The highest BCUT2D eigenvalue weighted by Crippen LogP contribution is 2.23. The SMILES string of the molecule is CCCC(Cl)c1noc(Cc2ccc(F)cc2F)n1. The van der Waals surface area contributed by atoms with E-state index in [1.165, 1.54) is 12.1 Å². The van der Waals surface area contributed by atoms with Gasteiger partial charge in [-0.2, -0.15) is 4.98 Å². The Morgan fingerprint density at radius 2 is 2.16 bits per heavy atom. The van der Waals surface area contributed by atoms with Gasteiger partial charge in [-0.15, -0.1) is 11.6 Å². The molecule has 1 atom stereocenters. The van der Waals surface area contributed by atoms with Gasteiger partial charge in [-0.25, -0.2) is 8.78 Å². The number of alkyl halides is 1. The van der Waals surface area contributed by atoms with Gasteiger partial charge in [0.15, 0.2) is 5.82 Å². The van der Waals surface area contributed by atoms with Crippen LogP contribution in [0.1, 0.15) is 42.4 Å². The molecule has 0 aliphatic carbocycles. The zero-order valence-corrected chi connectivity index (χ0v) is 11.1. The first-order valence-electron chi connectivity index (χ1n) is 6.00. The lowest BCUT2D eigenvalue weighted by Crippen LogP contribution is -1.96. The van der Waals surface area contributed by atoms with Crippen molar-refractivity contribution in [2.45, 2.75) is 31.6 Å². The summed E-state index contributed by atoms with van der Waals surface area (Å²) in [4.78, 5) is 4.12. The molecule has 2 rings (SSSR count). The Balaban J connectivity index is 2.11. The van der Waals surface area contributed by atoms with Gasteiger partial charge >= 0.3 is 0 Å². The molecule has 0 bridgehead atoms. The molecule has 0 saturated carbocycles. The van der Waals surface area contributed by atoms with E-state index in [9.17, 15) is 8.78 Å². The van der Waals surface area contributed by atoms with E-state index in [4.69, 9.17) is 16.1 Å². The van der Waals surface area contributed by atoms with Crippen LogP contribution in [0.4, 0.5) is 8.78 Å². The Morgan fingerprint density at radius 3 is 2.84 bits per heavy atom. The first-order chi connectivity index (χ1) is 9.10. The molecule has 2 aromatic rings. The Morgan fingerprint density at radius 1 is 1.37 bits per heavy atom. The average molecular weight is 287 g/mol. The molecule has 0 saturated heterocycles. The van der Waals surface area contributed by atoms with Crippen LogP contribution in [0.25, 0.3) is 0 Å². The van der Waals surface area contributed by atoms with Crippen molar-refractivity contribution in [2.75, 3.05) is 0 Å². The molecule has 6 heteroatoms. The first-order valence-corrected chi connectivity index (χ1v) is 6.44. The Hall–Kier alpha value is -1.49. The maximum Gasteiger partial charge on any atom is 0.231 e. The summed E-state index contributed by atoms with van der Waals surface area (Å²) in [6, 6.07) is 3.38. The number of hydrogen-bond acceptors (Lipinski definition) is 3. The van der Waals surface area contributed by atoms with Crippen molar-refractivity contribution in [1.82, 2.24) is 10.1 Å². The molecule has 0 radical (unpaired) electrons. The summed E-state index contributed by atoms with van der Waals surface area (Å²) < 4.78 is 31.3. The maximum atomic E-state index is 13.5. The van der Waals surface area contributed by atoms with Crippen LogP contribution >= 0.6 is 11.6 Å². The number of nitrogens with zero attached hydrogens (tertiary/aromatic N) is 2. The highest BCUT2D eigenvalue weighted by Gasteiger charge is 2.16. The van der Waals surface area contributed by atoms with E-state index in [2.05, 4.69) is 10.1 Å². The Bertz CT molecular complexity index is 559. The summed E-state index contributed by atoms with van der Waals surface area (Å²) in [7, 11) is 0. The van der Waals surface area contributed by atoms with Crippen LogP contribution in [0.5, 0.6) is 0 Å². The monoisotopic (exact) mass is 286 g/mol. The van der Waals surface area contributed by atoms with E-state index >= 15 is 0 Å². The molecule has 1 unspecified atom stereocenters. The van der Waals surface area contributed by atoms with Crippen molar-refractivity contribution in [2.24, 2.45) is 0 Å². The molecule has 3 nitrogen and oxygen atoms in total. The van der Waals surface area contributed by atoms with Gasteiger partial charge in [0.25, 0.3) is 0 Å². The van der Waals surface area contributed by atoms with Gasteiger partial charge in [-0.3, -0.25) is 0 Å². The fraction of sp³-hybridized carbons (Fsp3) is 0.385. The molecule has 1 heterocycles. The number of rotatable bonds is 5. The third-order valence-corrected chi connectivity index (χ3v) is 3.08. The minimum absolute atomic E-state index is 0.120. The summed E-state index contributed by atoms with van der Waals surface area (Å²) in [5.74, 6) is -0.574. The fourth-order valence-corrected chi connectivity index (χ4v) is 1.98. The van der Waals surface area contributed by atoms with Crippen molar-refractivity contribution in [3.63, 3.8) is 0 Å². The Labute approximate surface area is 114 Å². The Kier molecular flexibility index (Phi) is 4.47. The summed E-state index contributed by atoms with van der Waals surface area (Å²) in [5.41, 5.74) is 0.304. The quantitative estimate of drug-likeness (QED) is 0.779. The summed E-state index contributed by atoms with van der Waals surface area (Å²) in [6.45, 7) is 2.00. The second-order valence-electron chi connectivity index (χ2n) is 4.22. The van der Waals surface area contributed by atoms with Crippen LogP contribution < -0.4 is 0 Å². The van der Waals surface area contributed by atoms with E-state index in [1.807, 2.05) is 6.92 Å². The molecule has 102 valence electrons. The second-order valence-corrected chi connectivity index (χ2v) is 4.74. The largest absolute Gasteiger partial charge is 0.339 e. The molecule has 0 amide bonds. The topological polar surface area (TPSA) is 38.9 Å². The van der Waals surface area contributed by atoms with E-state index in [0.717, 1.165) is 18.9 Å². The smallest absolute Gasteiger partial charge is 0.231 e. The van der Waals surface area contributed by atoms with Gasteiger partial charge < -0.3 is 4.52 Å². The van der Waals surface area contributed by atoms with E-state index in [1.54, 1.807) is 0 Å². The molecule has 19 heavy (non-hydrogen) atoms. The molecule has 0 aliphatic rings. The summed E-state index contributed by atoms with van der Waals surface area (Å²) in [6.07, 6.45) is 1.77. The predicted octanol–water partition coefficient (Wildman–Crippen LogP) is 4.02. The van der Waals surface area contributed by atoms with E-state index in [0.29, 0.717) is 11.4 Å². The van der Waals surface area contributed by atoms with E-state index < -0.39 is 11.6 Å². The van der Waals surface area contributed by atoms with Crippen LogP contribution in [0.2, 0.25) is 0 Å². The third kappa shape index (κ3) is 3.50. The van der Waals surface area contributed by atoms with Crippen molar-refractivity contribution >= 4 is 11.6 Å². The average Bonchev–Trinajstić information content (AvgIpc) is 2.82. The number of hydrogen-bond donors (Lipinski definition) is 0. The highest BCUT2D eigenvalue weighted by atomic mass is 35.5. The van der Waals surface area contributed by atoms with Crippen molar-refractivity contribution in [3.8, 4) is 0 Å². The molecule has 0 spiro atoms. The number of halogens is 3. The number of aromatic nitrogens is 2. The first kappa shape index (κ1) is 13.9. The molecule has 1 aromatic carbocycles. The molecule has 1 aromatic heterocycles. The van der Waals surface area contributed by atoms with Gasteiger partial charge in [0.2, 0.25) is 5.89 Å². The molecular formula is C13H13ClF2N2O. The van der Waals surface area contributed by atoms with Crippen LogP contribution in [0.3, 0.4) is 0 Å². The maximum absolute atomic E-state index is 13.5. The molecule has 0 N–H and O–H groups in total. The zero-order valence-electron chi connectivity index (χ0n) is 10.4. The number of benzene rings is 1. The third-order valence-electron chi connectivity index (χ3n) is 2.66. The lowest BCUT2D eigenvalue weighted by atomic mass is 10.1. The zero-order chi connectivity index (χ0) is 13.8. The minimum Gasteiger partial charge on any atom is -0.339 e. The minimum atomic E-state index is -0.629. The van der Waals surface area contributed by atoms with Crippen molar-refractivity contribution in [1.29, 1.82) is 0 Å². The normalized spacial score (nSPS) is 12.6. The van der Waals surface area contributed by atoms with Gasteiger partial charge in [-0.1, -0.05) is 24.6 Å². The summed E-state index contributed by atoms with van der Waals surface area (Å²) in [5, 5.41) is 3.46. The van der Waals surface area contributed by atoms with Gasteiger partial charge in [0.05, 0.1) is 11.8 Å². The van der Waals surface area contributed by atoms with Gasteiger partial charge in [0.1, 0.15) is 11.6 Å². The van der Waals surface area contributed by atoms with Crippen molar-refractivity contribution < 1.29 is 13.3 Å². The van der Waals surface area contributed by atoms with Crippen LogP contribution in [0, 0.1) is 11.6 Å². The highest BCUT2D eigenvalue weighted by molar-refractivity contribution is 6.20. The van der Waals surface area contributed by atoms with Crippen molar-refractivity contribution in [3.05, 3.63) is 47.1 Å². The molecule has 0 aliphatic heterocycles. The van der Waals surface area contributed by atoms with Crippen LogP contribution in [-0.2, 0) is 6.42 Å². The van der Waals surface area contributed by atoms with Gasteiger partial charge in [-0.05, 0) is 18.1 Å². The predicted molar refractivity (Wildman–Crippen MR) is 67.0 cm³/mol. The fourth-order valence-electron chi connectivity index (χ4n) is 1.68. The second kappa shape index (κ2) is 6.10. The lowest BCUT2D eigenvalue weighted by Gasteiger charge is -2.00. The van der Waals surface area contributed by atoms with Crippen LogP contribution in [0.15, 0.2) is 22.7 Å². The lowest BCUT2D eigenvalue weighted by molar-refractivity contribution is 0.377. The van der Waals surface area contributed by atoms with Crippen LogP contribution in [-0.4, -0.2) is 10.1 Å². The van der Waals surface area contributed by atoms with Gasteiger partial charge in [0, 0.05) is 6.07 Å².